The minimum absolute atomic E-state index is 0.205. The molecule has 2 aromatic carbocycles. The number of para-hydroxylation sites is 1. The topological polar surface area (TPSA) is 80.7 Å². The van der Waals surface area contributed by atoms with Gasteiger partial charge in [0.15, 0.2) is 0 Å². The maximum absolute atomic E-state index is 11.4. The molecule has 0 saturated carbocycles. The Bertz CT molecular complexity index is 975. The van der Waals surface area contributed by atoms with E-state index in [9.17, 15) is 9.90 Å². The van der Waals surface area contributed by atoms with Crippen molar-refractivity contribution >= 4 is 11.7 Å². The van der Waals surface area contributed by atoms with E-state index in [-0.39, 0.29) is 11.5 Å². The van der Waals surface area contributed by atoms with Gasteiger partial charge in [-0.2, -0.15) is 0 Å². The molecular formula is C22H20N2O4. The molecule has 1 aliphatic rings. The molecule has 6 nitrogen and oxygen atoms in total. The predicted octanol–water partition coefficient (Wildman–Crippen LogP) is 4.55. The first kappa shape index (κ1) is 17.9. The minimum Gasteiger partial charge on any atom is -0.493 e. The van der Waals surface area contributed by atoms with Crippen LogP contribution in [0.5, 0.6) is 17.2 Å². The first-order valence-electron chi connectivity index (χ1n) is 9.11. The molecule has 0 amide bonds. The van der Waals surface area contributed by atoms with Gasteiger partial charge >= 0.3 is 5.97 Å². The molecule has 142 valence electrons. The van der Waals surface area contributed by atoms with E-state index in [0.29, 0.717) is 18.8 Å². The Labute approximate surface area is 162 Å². The summed E-state index contributed by atoms with van der Waals surface area (Å²) in [5.74, 6) is 1.53. The molecule has 2 N–H and O–H groups in total. The summed E-state index contributed by atoms with van der Waals surface area (Å²) in [5, 5.41) is 12.5. The van der Waals surface area contributed by atoms with E-state index >= 15 is 0 Å². The number of carbonyl (C=O) groups is 1. The third-order valence-electron chi connectivity index (χ3n) is 4.72. The van der Waals surface area contributed by atoms with Gasteiger partial charge in [0.25, 0.3) is 0 Å². The van der Waals surface area contributed by atoms with E-state index in [2.05, 4.69) is 10.3 Å². The summed E-state index contributed by atoms with van der Waals surface area (Å²) in [7, 11) is 0. The fourth-order valence-corrected chi connectivity index (χ4v) is 3.30. The van der Waals surface area contributed by atoms with E-state index in [1.807, 2.05) is 48.5 Å². The van der Waals surface area contributed by atoms with Crippen LogP contribution in [0.1, 0.15) is 28.3 Å². The molecule has 4 rings (SSSR count). The van der Waals surface area contributed by atoms with Crippen molar-refractivity contribution in [2.75, 3.05) is 18.5 Å². The van der Waals surface area contributed by atoms with Gasteiger partial charge in [0.1, 0.15) is 17.2 Å². The largest absolute Gasteiger partial charge is 0.493 e. The molecule has 0 fully saturated rings. The van der Waals surface area contributed by atoms with Crippen LogP contribution in [0.15, 0.2) is 67.0 Å². The monoisotopic (exact) mass is 376 g/mol. The van der Waals surface area contributed by atoms with Gasteiger partial charge in [-0.15, -0.1) is 0 Å². The number of nitrogens with zero attached hydrogens (tertiary/aromatic N) is 1. The lowest BCUT2D eigenvalue weighted by Gasteiger charge is -2.27. The number of pyridine rings is 1. The minimum atomic E-state index is -0.972. The number of aromatic nitrogens is 1. The van der Waals surface area contributed by atoms with Crippen molar-refractivity contribution in [3.8, 4) is 17.2 Å². The van der Waals surface area contributed by atoms with Gasteiger partial charge < -0.3 is 19.9 Å². The predicted molar refractivity (Wildman–Crippen MR) is 105 cm³/mol. The van der Waals surface area contributed by atoms with Crippen molar-refractivity contribution in [1.82, 2.24) is 4.98 Å². The molecule has 1 atom stereocenters. The van der Waals surface area contributed by atoms with Gasteiger partial charge in [-0.25, -0.2) is 4.79 Å². The Kier molecular flexibility index (Phi) is 5.10. The number of fused-ring (bicyclic) bond motifs is 1. The van der Waals surface area contributed by atoms with Gasteiger partial charge in [-0.1, -0.05) is 24.3 Å². The zero-order valence-electron chi connectivity index (χ0n) is 15.2. The van der Waals surface area contributed by atoms with Crippen LogP contribution in [0, 0.1) is 0 Å². The zero-order chi connectivity index (χ0) is 19.3. The summed E-state index contributed by atoms with van der Waals surface area (Å²) in [6.07, 6.45) is 3.87. The van der Waals surface area contributed by atoms with E-state index in [1.165, 1.54) is 12.3 Å². The van der Waals surface area contributed by atoms with Crippen molar-refractivity contribution in [2.24, 2.45) is 0 Å². The van der Waals surface area contributed by atoms with Gasteiger partial charge in [0.05, 0.1) is 24.1 Å². The Morgan fingerprint density at radius 3 is 2.86 bits per heavy atom. The van der Waals surface area contributed by atoms with Crippen molar-refractivity contribution in [1.29, 1.82) is 0 Å². The lowest BCUT2D eigenvalue weighted by molar-refractivity contribution is 0.0697. The highest BCUT2D eigenvalue weighted by Gasteiger charge is 2.22. The average molecular weight is 376 g/mol. The summed E-state index contributed by atoms with van der Waals surface area (Å²) in [6, 6.07) is 16.9. The summed E-state index contributed by atoms with van der Waals surface area (Å²) in [5.41, 5.74) is 1.82. The number of aromatic carboxylic acids is 1. The number of anilines is 1. The molecule has 1 aliphatic heterocycles. The van der Waals surface area contributed by atoms with Crippen LogP contribution in [0.2, 0.25) is 0 Å². The normalized spacial score (nSPS) is 15.2. The molecule has 1 unspecified atom stereocenters. The Morgan fingerprint density at radius 2 is 2.04 bits per heavy atom. The summed E-state index contributed by atoms with van der Waals surface area (Å²) < 4.78 is 11.7. The Balaban J connectivity index is 1.49. The van der Waals surface area contributed by atoms with Crippen LogP contribution >= 0.6 is 0 Å². The van der Waals surface area contributed by atoms with Crippen molar-refractivity contribution in [3.05, 3.63) is 78.1 Å². The van der Waals surface area contributed by atoms with Gasteiger partial charge in [-0.05, 0) is 36.2 Å². The average Bonchev–Trinajstić information content (AvgIpc) is 2.73. The Hall–Kier alpha value is -3.54. The standard InChI is InChI=1S/C22H20N2O4/c25-22(26)19-8-10-23-14-20(19)24-13-15-9-11-27-21-12-17(6-7-18(15)21)28-16-4-2-1-3-5-16/h1-8,10,12,14-15,24H,9,11,13H2,(H,25,26). The third kappa shape index (κ3) is 3.91. The third-order valence-corrected chi connectivity index (χ3v) is 4.72. The van der Waals surface area contributed by atoms with Crippen molar-refractivity contribution < 1.29 is 19.4 Å². The lowest BCUT2D eigenvalue weighted by atomic mass is 9.93. The smallest absolute Gasteiger partial charge is 0.337 e. The van der Waals surface area contributed by atoms with Crippen LogP contribution in [0.3, 0.4) is 0 Å². The Morgan fingerprint density at radius 1 is 1.18 bits per heavy atom. The fraction of sp³-hybridized carbons (Fsp3) is 0.182. The maximum atomic E-state index is 11.4. The first-order valence-corrected chi connectivity index (χ1v) is 9.11. The van der Waals surface area contributed by atoms with E-state index in [0.717, 1.165) is 29.2 Å². The molecule has 1 aromatic heterocycles. The van der Waals surface area contributed by atoms with Crippen molar-refractivity contribution in [2.45, 2.75) is 12.3 Å². The van der Waals surface area contributed by atoms with E-state index < -0.39 is 5.97 Å². The van der Waals surface area contributed by atoms with Gasteiger partial charge in [0, 0.05) is 24.7 Å². The van der Waals surface area contributed by atoms with Gasteiger partial charge in [0.2, 0.25) is 0 Å². The summed E-state index contributed by atoms with van der Waals surface area (Å²) in [4.78, 5) is 15.4. The number of hydrogen-bond acceptors (Lipinski definition) is 5. The lowest BCUT2D eigenvalue weighted by Crippen LogP contribution is -2.21. The molecule has 0 radical (unpaired) electrons. The number of rotatable bonds is 6. The molecule has 6 heteroatoms. The zero-order valence-corrected chi connectivity index (χ0v) is 15.2. The molecule has 0 bridgehead atoms. The highest BCUT2D eigenvalue weighted by Crippen LogP contribution is 2.37. The summed E-state index contributed by atoms with van der Waals surface area (Å²) in [6.45, 7) is 1.20. The highest BCUT2D eigenvalue weighted by molar-refractivity contribution is 5.93. The van der Waals surface area contributed by atoms with E-state index in [1.54, 1.807) is 6.20 Å². The number of nitrogens with one attached hydrogen (secondary N) is 1. The van der Waals surface area contributed by atoms with Crippen molar-refractivity contribution in [3.63, 3.8) is 0 Å². The van der Waals surface area contributed by atoms with Gasteiger partial charge in [-0.3, -0.25) is 4.98 Å². The SMILES string of the molecule is O=C(O)c1ccncc1NCC1CCOc2cc(Oc3ccccc3)ccc21. The molecule has 3 aromatic rings. The maximum Gasteiger partial charge on any atom is 0.337 e. The van der Waals surface area contributed by atoms with Crippen LogP contribution in [-0.2, 0) is 0 Å². The second-order valence-corrected chi connectivity index (χ2v) is 6.56. The second kappa shape index (κ2) is 8.00. The first-order chi connectivity index (χ1) is 13.7. The molecule has 0 spiro atoms. The van der Waals surface area contributed by atoms with Crippen LogP contribution in [0.25, 0.3) is 0 Å². The number of carboxylic acids is 1. The molecule has 28 heavy (non-hydrogen) atoms. The number of benzene rings is 2. The van der Waals surface area contributed by atoms with E-state index in [4.69, 9.17) is 9.47 Å². The summed E-state index contributed by atoms with van der Waals surface area (Å²) >= 11 is 0. The number of hydrogen-bond donors (Lipinski definition) is 2. The van der Waals surface area contributed by atoms with Crippen LogP contribution in [-0.4, -0.2) is 29.2 Å². The highest BCUT2D eigenvalue weighted by atomic mass is 16.5. The molecule has 0 saturated heterocycles. The fourth-order valence-electron chi connectivity index (χ4n) is 3.30. The second-order valence-electron chi connectivity index (χ2n) is 6.56. The molecule has 2 heterocycles. The molecule has 0 aliphatic carbocycles. The van der Waals surface area contributed by atoms with Crippen LogP contribution < -0.4 is 14.8 Å². The number of carboxylic acid groups (broad SMARTS) is 1. The molecular weight excluding hydrogens is 356 g/mol. The van der Waals surface area contributed by atoms with Crippen LogP contribution in [0.4, 0.5) is 5.69 Å². The quantitative estimate of drug-likeness (QED) is 0.657. The number of ether oxygens (including phenoxy) is 2.